The Morgan fingerprint density at radius 1 is 1.19 bits per heavy atom. The number of carbonyl (C=O) groups is 1. The van der Waals surface area contributed by atoms with Crippen LogP contribution in [0, 0.1) is 5.92 Å². The summed E-state index contributed by atoms with van der Waals surface area (Å²) in [6.45, 7) is 7.31. The van der Waals surface area contributed by atoms with Gasteiger partial charge < -0.3 is 14.8 Å². The number of aryl methyl sites for hydroxylation is 1. The molecule has 0 aliphatic carbocycles. The van der Waals surface area contributed by atoms with Crippen LogP contribution in [0.5, 0.6) is 0 Å². The minimum Gasteiger partial charge on any atom is -0.351 e. The number of piperidine rings is 1. The largest absolute Gasteiger partial charge is 0.351 e. The minimum atomic E-state index is -3.49. The van der Waals surface area contributed by atoms with Gasteiger partial charge in [-0.3, -0.25) is 4.79 Å². The molecule has 0 bridgehead atoms. The molecule has 0 atom stereocenters. The number of hydrogen-bond donors (Lipinski definition) is 1. The highest BCUT2D eigenvalue weighted by atomic mass is 32.2. The maximum Gasteiger partial charge on any atom is 0.267 e. The van der Waals surface area contributed by atoms with E-state index in [-0.39, 0.29) is 10.8 Å². The fourth-order valence-corrected chi connectivity index (χ4v) is 5.45. The first-order valence-corrected chi connectivity index (χ1v) is 11.5. The number of amides is 1. The first-order valence-electron chi connectivity index (χ1n) is 10.0. The quantitative estimate of drug-likeness (QED) is 0.712. The third-order valence-corrected chi connectivity index (χ3v) is 7.59. The lowest BCUT2D eigenvalue weighted by Crippen LogP contribution is -2.35. The van der Waals surface area contributed by atoms with Crippen LogP contribution in [-0.4, -0.2) is 67.4 Å². The zero-order valence-corrected chi connectivity index (χ0v) is 17.3. The smallest absolute Gasteiger partial charge is 0.267 e. The van der Waals surface area contributed by atoms with Crippen molar-refractivity contribution in [3.8, 4) is 0 Å². The van der Waals surface area contributed by atoms with Crippen LogP contribution < -0.4 is 5.32 Å². The van der Waals surface area contributed by atoms with E-state index in [1.54, 1.807) is 11.6 Å². The summed E-state index contributed by atoms with van der Waals surface area (Å²) in [6, 6.07) is 1.50. The van der Waals surface area contributed by atoms with Crippen molar-refractivity contribution in [3.05, 3.63) is 18.0 Å². The Bertz CT molecular complexity index is 745. The van der Waals surface area contributed by atoms with E-state index in [1.165, 1.54) is 29.4 Å². The third-order valence-electron chi connectivity index (χ3n) is 5.73. The molecule has 0 aromatic carbocycles. The molecular weight excluding hydrogens is 364 g/mol. The van der Waals surface area contributed by atoms with Crippen LogP contribution in [0.1, 0.15) is 49.5 Å². The normalized spacial score (nSPS) is 20.2. The number of hydrogen-bond acceptors (Lipinski definition) is 4. The highest BCUT2D eigenvalue weighted by Gasteiger charge is 2.29. The summed E-state index contributed by atoms with van der Waals surface area (Å²) in [5.41, 5.74) is 0.388. The number of rotatable bonds is 7. The highest BCUT2D eigenvalue weighted by Crippen LogP contribution is 2.22. The molecule has 2 aliphatic rings. The fourth-order valence-electron chi connectivity index (χ4n) is 3.86. The lowest BCUT2D eigenvalue weighted by molar-refractivity contribution is 0.0942. The molecule has 7 nitrogen and oxygen atoms in total. The summed E-state index contributed by atoms with van der Waals surface area (Å²) in [5, 5.41) is 2.93. The molecule has 0 radical (unpaired) electrons. The number of nitrogens with zero attached hydrogens (tertiary/aromatic N) is 3. The lowest BCUT2D eigenvalue weighted by Gasteiger charge is -2.30. The van der Waals surface area contributed by atoms with E-state index < -0.39 is 10.0 Å². The van der Waals surface area contributed by atoms with Gasteiger partial charge in [-0.25, -0.2) is 8.42 Å². The van der Waals surface area contributed by atoms with Crippen LogP contribution in [-0.2, 0) is 17.1 Å². The minimum absolute atomic E-state index is 0.208. The Labute approximate surface area is 162 Å². The molecule has 1 aromatic heterocycles. The van der Waals surface area contributed by atoms with Gasteiger partial charge in [-0.1, -0.05) is 6.92 Å². The second kappa shape index (κ2) is 8.75. The van der Waals surface area contributed by atoms with Gasteiger partial charge in [0.05, 0.1) is 0 Å². The second-order valence-electron chi connectivity index (χ2n) is 7.92. The van der Waals surface area contributed by atoms with Crippen molar-refractivity contribution >= 4 is 15.9 Å². The van der Waals surface area contributed by atoms with Crippen LogP contribution >= 0.6 is 0 Å². The van der Waals surface area contributed by atoms with Gasteiger partial charge in [0, 0.05) is 32.9 Å². The lowest BCUT2D eigenvalue weighted by atomic mass is 9.99. The second-order valence-corrected chi connectivity index (χ2v) is 9.85. The molecule has 3 heterocycles. The van der Waals surface area contributed by atoms with E-state index in [0.29, 0.717) is 25.3 Å². The molecule has 3 rings (SSSR count). The van der Waals surface area contributed by atoms with E-state index in [1.807, 2.05) is 0 Å². The van der Waals surface area contributed by atoms with Crippen molar-refractivity contribution in [1.29, 1.82) is 0 Å². The summed E-state index contributed by atoms with van der Waals surface area (Å²) >= 11 is 0. The maximum absolute atomic E-state index is 12.7. The first kappa shape index (κ1) is 20.4. The number of sulfonamides is 1. The Hall–Kier alpha value is -1.38. The van der Waals surface area contributed by atoms with Gasteiger partial charge in [0.15, 0.2) is 0 Å². The van der Waals surface area contributed by atoms with Crippen LogP contribution in [0.25, 0.3) is 0 Å². The van der Waals surface area contributed by atoms with Crippen molar-refractivity contribution < 1.29 is 13.2 Å². The van der Waals surface area contributed by atoms with Crippen LogP contribution in [0.4, 0.5) is 0 Å². The number of nitrogens with one attached hydrogen (secondary N) is 1. The molecular formula is C19H32N4O3S. The molecule has 27 heavy (non-hydrogen) atoms. The highest BCUT2D eigenvalue weighted by molar-refractivity contribution is 7.89. The Morgan fingerprint density at radius 2 is 1.85 bits per heavy atom. The number of likely N-dealkylation sites (tertiary alicyclic amines) is 1. The van der Waals surface area contributed by atoms with Gasteiger partial charge in [0.2, 0.25) is 10.0 Å². The molecule has 0 spiro atoms. The van der Waals surface area contributed by atoms with E-state index in [0.717, 1.165) is 44.8 Å². The molecule has 152 valence electrons. The summed E-state index contributed by atoms with van der Waals surface area (Å²) < 4.78 is 28.4. The van der Waals surface area contributed by atoms with Gasteiger partial charge in [0.25, 0.3) is 5.91 Å². The standard InChI is InChI=1S/C19H32N4O3S/c1-16-6-12-22(13-7-16)9-5-8-20-19(24)18-14-17(15-21(18)2)27(25,26)23-10-3-4-11-23/h14-16H,3-13H2,1-2H3,(H,20,24). The van der Waals surface area contributed by atoms with Crippen molar-refractivity contribution in [2.75, 3.05) is 39.3 Å². The van der Waals surface area contributed by atoms with E-state index >= 15 is 0 Å². The van der Waals surface area contributed by atoms with Crippen LogP contribution in [0.15, 0.2) is 17.2 Å². The Balaban J connectivity index is 1.50. The van der Waals surface area contributed by atoms with Gasteiger partial charge in [-0.2, -0.15) is 4.31 Å². The molecule has 8 heteroatoms. The Morgan fingerprint density at radius 3 is 2.52 bits per heavy atom. The topological polar surface area (TPSA) is 74.7 Å². The summed E-state index contributed by atoms with van der Waals surface area (Å²) in [7, 11) is -1.78. The average Bonchev–Trinajstić information content (AvgIpc) is 3.30. The van der Waals surface area contributed by atoms with Crippen molar-refractivity contribution in [3.63, 3.8) is 0 Å². The summed E-state index contributed by atoms with van der Waals surface area (Å²) in [6.07, 6.45) is 6.75. The third kappa shape index (κ3) is 4.92. The average molecular weight is 397 g/mol. The van der Waals surface area contributed by atoms with Gasteiger partial charge in [-0.05, 0) is 63.7 Å². The first-order chi connectivity index (χ1) is 12.9. The van der Waals surface area contributed by atoms with E-state index in [9.17, 15) is 13.2 Å². The fraction of sp³-hybridized carbons (Fsp3) is 0.737. The summed E-state index contributed by atoms with van der Waals surface area (Å²) in [4.78, 5) is 15.1. The Kier molecular flexibility index (Phi) is 6.60. The molecule has 2 aliphatic heterocycles. The SMILES string of the molecule is CC1CCN(CCCNC(=O)c2cc(S(=O)(=O)N3CCCC3)cn2C)CC1. The number of aromatic nitrogens is 1. The molecule has 0 unspecified atom stereocenters. The zero-order valence-electron chi connectivity index (χ0n) is 16.5. The van der Waals surface area contributed by atoms with Crippen molar-refractivity contribution in [2.45, 2.75) is 43.9 Å². The van der Waals surface area contributed by atoms with E-state index in [2.05, 4.69) is 17.1 Å². The van der Waals surface area contributed by atoms with E-state index in [4.69, 9.17) is 0 Å². The molecule has 1 amide bonds. The molecule has 1 N–H and O–H groups in total. The molecule has 1 aromatic rings. The predicted octanol–water partition coefficient (Wildman–Crippen LogP) is 1.66. The zero-order chi connectivity index (χ0) is 19.4. The van der Waals surface area contributed by atoms with Crippen LogP contribution in [0.3, 0.4) is 0 Å². The molecule has 2 saturated heterocycles. The van der Waals surface area contributed by atoms with Crippen molar-refractivity contribution in [1.82, 2.24) is 19.1 Å². The predicted molar refractivity (Wildman–Crippen MR) is 105 cm³/mol. The van der Waals surface area contributed by atoms with Gasteiger partial charge in [0.1, 0.15) is 10.6 Å². The summed E-state index contributed by atoms with van der Waals surface area (Å²) in [5.74, 6) is 0.608. The van der Waals surface area contributed by atoms with Crippen molar-refractivity contribution in [2.24, 2.45) is 13.0 Å². The maximum atomic E-state index is 12.7. The molecule has 0 saturated carbocycles. The van der Waals surface area contributed by atoms with Gasteiger partial charge in [-0.15, -0.1) is 0 Å². The molecule has 2 fully saturated rings. The monoisotopic (exact) mass is 396 g/mol. The number of carbonyl (C=O) groups excluding carboxylic acids is 1. The van der Waals surface area contributed by atoms with Gasteiger partial charge >= 0.3 is 0 Å². The van der Waals surface area contributed by atoms with Crippen LogP contribution in [0.2, 0.25) is 0 Å².